The zero-order chi connectivity index (χ0) is 13.8. The molecular formula is C16H25NO2. The lowest BCUT2D eigenvalue weighted by molar-refractivity contribution is 0.0675. The lowest BCUT2D eigenvalue weighted by Crippen LogP contribution is -2.19. The van der Waals surface area contributed by atoms with E-state index in [2.05, 4.69) is 26.0 Å². The van der Waals surface area contributed by atoms with Gasteiger partial charge in [-0.1, -0.05) is 12.1 Å². The van der Waals surface area contributed by atoms with Crippen molar-refractivity contribution in [2.75, 3.05) is 13.2 Å². The van der Waals surface area contributed by atoms with Crippen LogP contribution in [0, 0.1) is 13.8 Å². The van der Waals surface area contributed by atoms with Gasteiger partial charge in [-0.05, 0) is 56.7 Å². The molecule has 1 aliphatic heterocycles. The zero-order valence-electron chi connectivity index (χ0n) is 12.2. The van der Waals surface area contributed by atoms with Crippen molar-refractivity contribution in [1.29, 1.82) is 0 Å². The molecule has 1 heterocycles. The third-order valence-electron chi connectivity index (χ3n) is 3.52. The summed E-state index contributed by atoms with van der Waals surface area (Å²) in [7, 11) is 0. The molecule has 0 bridgehead atoms. The maximum Gasteiger partial charge on any atom is 0.125 e. The normalized spacial score (nSPS) is 20.5. The molecule has 0 amide bonds. The highest BCUT2D eigenvalue weighted by molar-refractivity contribution is 5.43. The van der Waals surface area contributed by atoms with Gasteiger partial charge >= 0.3 is 0 Å². The van der Waals surface area contributed by atoms with Gasteiger partial charge in [0.1, 0.15) is 12.4 Å². The van der Waals surface area contributed by atoms with E-state index in [1.54, 1.807) is 0 Å². The van der Waals surface area contributed by atoms with Gasteiger partial charge in [-0.25, -0.2) is 0 Å². The minimum Gasteiger partial charge on any atom is -0.490 e. The summed E-state index contributed by atoms with van der Waals surface area (Å²) in [6.45, 7) is 7.77. The maximum atomic E-state index is 5.96. The molecule has 106 valence electrons. The van der Waals surface area contributed by atoms with Crippen LogP contribution in [0.5, 0.6) is 5.75 Å². The molecule has 2 N–H and O–H groups in total. The highest BCUT2D eigenvalue weighted by atomic mass is 16.5. The largest absolute Gasteiger partial charge is 0.490 e. The predicted octanol–water partition coefficient (Wildman–Crippen LogP) is 2.75. The topological polar surface area (TPSA) is 44.5 Å². The van der Waals surface area contributed by atoms with Gasteiger partial charge in [0, 0.05) is 12.6 Å². The maximum absolute atomic E-state index is 5.96. The molecule has 0 spiro atoms. The Kier molecular flexibility index (Phi) is 4.83. The van der Waals surface area contributed by atoms with Gasteiger partial charge in [-0.15, -0.1) is 0 Å². The first-order valence-electron chi connectivity index (χ1n) is 7.16. The molecule has 1 aromatic carbocycles. The monoisotopic (exact) mass is 263 g/mol. The van der Waals surface area contributed by atoms with Crippen molar-refractivity contribution >= 4 is 0 Å². The first-order valence-corrected chi connectivity index (χ1v) is 7.16. The highest BCUT2D eigenvalue weighted by Crippen LogP contribution is 2.26. The summed E-state index contributed by atoms with van der Waals surface area (Å²) in [6, 6.07) is 4.56. The van der Waals surface area contributed by atoms with E-state index in [-0.39, 0.29) is 12.1 Å². The van der Waals surface area contributed by atoms with Crippen molar-refractivity contribution in [2.24, 2.45) is 5.73 Å². The zero-order valence-corrected chi connectivity index (χ0v) is 12.2. The molecule has 2 atom stereocenters. The first kappa shape index (κ1) is 14.4. The van der Waals surface area contributed by atoms with E-state index in [4.69, 9.17) is 15.2 Å². The molecule has 3 nitrogen and oxygen atoms in total. The van der Waals surface area contributed by atoms with Crippen LogP contribution in [0.15, 0.2) is 12.1 Å². The lowest BCUT2D eigenvalue weighted by atomic mass is 10.0. The Hall–Kier alpha value is -1.06. The average Bonchev–Trinajstić information content (AvgIpc) is 2.79. The number of hydrogen-bond donors (Lipinski definition) is 1. The van der Waals surface area contributed by atoms with E-state index in [0.29, 0.717) is 6.61 Å². The van der Waals surface area contributed by atoms with Crippen LogP contribution in [-0.4, -0.2) is 25.4 Å². The highest BCUT2D eigenvalue weighted by Gasteiger charge is 2.17. The second kappa shape index (κ2) is 6.40. The van der Waals surface area contributed by atoms with Crippen molar-refractivity contribution in [2.45, 2.75) is 52.2 Å². The second-order valence-corrected chi connectivity index (χ2v) is 5.69. The fourth-order valence-corrected chi connectivity index (χ4v) is 2.71. The summed E-state index contributed by atoms with van der Waals surface area (Å²) in [4.78, 5) is 0. The van der Waals surface area contributed by atoms with Crippen LogP contribution in [0.4, 0.5) is 0 Å². The fraction of sp³-hybridized carbons (Fsp3) is 0.625. The molecule has 3 heteroatoms. The molecule has 2 rings (SSSR count). The summed E-state index contributed by atoms with van der Waals surface area (Å²) >= 11 is 0. The van der Waals surface area contributed by atoms with Gasteiger partial charge in [0.25, 0.3) is 0 Å². The standard InChI is InChI=1S/C16H25NO2/c1-11-7-14(9-13(3)17)8-12(2)16(11)19-10-15-5-4-6-18-15/h7-8,13,15H,4-6,9-10,17H2,1-3H3. The summed E-state index contributed by atoms with van der Waals surface area (Å²) in [5, 5.41) is 0. The van der Waals surface area contributed by atoms with Crippen LogP contribution < -0.4 is 10.5 Å². The molecule has 19 heavy (non-hydrogen) atoms. The Balaban J connectivity index is 2.03. The van der Waals surface area contributed by atoms with E-state index in [9.17, 15) is 0 Å². The molecular weight excluding hydrogens is 238 g/mol. The lowest BCUT2D eigenvalue weighted by Gasteiger charge is -2.17. The summed E-state index contributed by atoms with van der Waals surface area (Å²) in [5.74, 6) is 1.00. The fourth-order valence-electron chi connectivity index (χ4n) is 2.71. The van der Waals surface area contributed by atoms with Gasteiger partial charge in [0.2, 0.25) is 0 Å². The van der Waals surface area contributed by atoms with Gasteiger partial charge in [-0.3, -0.25) is 0 Å². The number of nitrogens with two attached hydrogens (primary N) is 1. The van der Waals surface area contributed by atoms with Crippen molar-refractivity contribution in [3.8, 4) is 5.75 Å². The Morgan fingerprint density at radius 2 is 2.05 bits per heavy atom. The third-order valence-corrected chi connectivity index (χ3v) is 3.52. The van der Waals surface area contributed by atoms with Crippen molar-refractivity contribution in [3.05, 3.63) is 28.8 Å². The van der Waals surface area contributed by atoms with Crippen molar-refractivity contribution in [1.82, 2.24) is 0 Å². The minimum absolute atomic E-state index is 0.192. The van der Waals surface area contributed by atoms with Crippen LogP contribution in [-0.2, 0) is 11.2 Å². The predicted molar refractivity (Wildman–Crippen MR) is 77.7 cm³/mol. The third kappa shape index (κ3) is 3.95. The van der Waals surface area contributed by atoms with Crippen LogP contribution in [0.25, 0.3) is 0 Å². The minimum atomic E-state index is 0.192. The van der Waals surface area contributed by atoms with Gasteiger partial charge < -0.3 is 15.2 Å². The van der Waals surface area contributed by atoms with Crippen LogP contribution in [0.1, 0.15) is 36.5 Å². The number of aryl methyl sites for hydroxylation is 2. The van der Waals surface area contributed by atoms with E-state index < -0.39 is 0 Å². The molecule has 0 saturated carbocycles. The molecule has 0 aliphatic carbocycles. The van der Waals surface area contributed by atoms with Gasteiger partial charge in [0.05, 0.1) is 6.10 Å². The van der Waals surface area contributed by atoms with Gasteiger partial charge in [-0.2, -0.15) is 0 Å². The molecule has 2 unspecified atom stereocenters. The molecule has 1 fully saturated rings. The summed E-state index contributed by atoms with van der Waals surface area (Å²) in [5.41, 5.74) is 9.52. The van der Waals surface area contributed by atoms with Crippen LogP contribution in [0.3, 0.4) is 0 Å². The molecule has 0 radical (unpaired) electrons. The molecule has 0 aromatic heterocycles. The van der Waals surface area contributed by atoms with E-state index in [1.165, 1.54) is 16.7 Å². The second-order valence-electron chi connectivity index (χ2n) is 5.69. The average molecular weight is 263 g/mol. The molecule has 1 aliphatic rings. The molecule has 1 aromatic rings. The van der Waals surface area contributed by atoms with E-state index in [0.717, 1.165) is 31.6 Å². The molecule has 1 saturated heterocycles. The van der Waals surface area contributed by atoms with Crippen LogP contribution in [0.2, 0.25) is 0 Å². The number of ether oxygens (including phenoxy) is 2. The van der Waals surface area contributed by atoms with E-state index >= 15 is 0 Å². The Morgan fingerprint density at radius 3 is 2.58 bits per heavy atom. The first-order chi connectivity index (χ1) is 9.06. The SMILES string of the molecule is Cc1cc(CC(C)N)cc(C)c1OCC1CCCO1. The van der Waals surface area contributed by atoms with Crippen LogP contribution >= 0.6 is 0 Å². The number of rotatable bonds is 5. The number of benzene rings is 1. The summed E-state index contributed by atoms with van der Waals surface area (Å²) in [6.07, 6.45) is 3.44. The number of hydrogen-bond acceptors (Lipinski definition) is 3. The van der Waals surface area contributed by atoms with Crippen molar-refractivity contribution in [3.63, 3.8) is 0 Å². The quantitative estimate of drug-likeness (QED) is 0.888. The Bertz CT molecular complexity index is 400. The summed E-state index contributed by atoms with van der Waals surface area (Å²) < 4.78 is 11.5. The van der Waals surface area contributed by atoms with Gasteiger partial charge in [0.15, 0.2) is 0 Å². The Labute approximate surface area is 116 Å². The Morgan fingerprint density at radius 1 is 1.37 bits per heavy atom. The van der Waals surface area contributed by atoms with Crippen molar-refractivity contribution < 1.29 is 9.47 Å². The van der Waals surface area contributed by atoms with E-state index in [1.807, 2.05) is 6.92 Å². The smallest absolute Gasteiger partial charge is 0.125 e.